The predicted octanol–water partition coefficient (Wildman–Crippen LogP) is 5.34. The molecule has 0 bridgehead atoms. The van der Waals surface area contributed by atoms with E-state index in [9.17, 15) is 9.59 Å². The van der Waals surface area contributed by atoms with Gasteiger partial charge in [-0.25, -0.2) is 9.78 Å². The third-order valence-electron chi connectivity index (χ3n) is 4.72. The fourth-order valence-corrected chi connectivity index (χ4v) is 4.99. The molecule has 0 saturated heterocycles. The molecule has 1 aliphatic rings. The zero-order valence-electron chi connectivity index (χ0n) is 17.2. The Balaban J connectivity index is 1.71. The van der Waals surface area contributed by atoms with Gasteiger partial charge in [-0.05, 0) is 56.9 Å². The molecular weight excluding hydrogens is 422 g/mol. The number of carboxylic acid groups (broad SMARTS) is 1. The first kappa shape index (κ1) is 22.4. The largest absolute Gasteiger partial charge is 0.491 e. The number of thiazole rings is 1. The highest BCUT2D eigenvalue weighted by Gasteiger charge is 2.24. The molecule has 0 radical (unpaired) electrons. The van der Waals surface area contributed by atoms with Crippen LogP contribution >= 0.6 is 23.1 Å². The van der Waals surface area contributed by atoms with Crippen LogP contribution in [0.3, 0.4) is 0 Å². The quantitative estimate of drug-likeness (QED) is 0.502. The molecule has 2 aromatic rings. The summed E-state index contributed by atoms with van der Waals surface area (Å²) in [4.78, 5) is 29.8. The zero-order chi connectivity index (χ0) is 21.5. The highest BCUT2D eigenvalue weighted by Crippen LogP contribution is 2.31. The van der Waals surface area contributed by atoms with Crippen LogP contribution in [0.1, 0.15) is 39.5 Å². The number of amides is 2. The van der Waals surface area contributed by atoms with Gasteiger partial charge in [0.1, 0.15) is 5.75 Å². The molecule has 1 heterocycles. The summed E-state index contributed by atoms with van der Waals surface area (Å²) in [6, 6.07) is 7.34. The molecule has 1 aliphatic carbocycles. The number of carbonyl (C=O) groups excluding carboxylic acids is 1. The molecule has 0 unspecified atom stereocenters. The lowest BCUT2D eigenvalue weighted by molar-refractivity contribution is -0.133. The number of benzene rings is 1. The fourth-order valence-electron chi connectivity index (χ4n) is 3.41. The first-order chi connectivity index (χ1) is 14.4. The summed E-state index contributed by atoms with van der Waals surface area (Å²) in [7, 11) is 0. The minimum absolute atomic E-state index is 0.0336. The van der Waals surface area contributed by atoms with Gasteiger partial charge in [0.25, 0.3) is 0 Å². The van der Waals surface area contributed by atoms with E-state index in [4.69, 9.17) is 9.84 Å². The predicted molar refractivity (Wildman–Crippen MR) is 121 cm³/mol. The smallest absolute Gasteiger partial charge is 0.328 e. The topological polar surface area (TPSA) is 91.8 Å². The molecule has 0 atom stereocenters. The van der Waals surface area contributed by atoms with Crippen LogP contribution in [0, 0.1) is 5.92 Å². The minimum atomic E-state index is -0.883. The van der Waals surface area contributed by atoms with Gasteiger partial charge in [-0.2, -0.15) is 0 Å². The van der Waals surface area contributed by atoms with Crippen LogP contribution in [0.2, 0.25) is 0 Å². The van der Waals surface area contributed by atoms with Gasteiger partial charge < -0.3 is 9.84 Å². The first-order valence-electron chi connectivity index (χ1n) is 10.1. The molecule has 7 nitrogen and oxygen atoms in total. The maximum Gasteiger partial charge on any atom is 0.328 e. The van der Waals surface area contributed by atoms with Crippen molar-refractivity contribution in [2.75, 3.05) is 22.5 Å². The summed E-state index contributed by atoms with van der Waals surface area (Å²) < 4.78 is 6.46. The number of rotatable bonds is 9. The van der Waals surface area contributed by atoms with Crippen molar-refractivity contribution < 1.29 is 19.4 Å². The molecule has 0 spiro atoms. The third kappa shape index (κ3) is 6.63. The van der Waals surface area contributed by atoms with Crippen molar-refractivity contribution in [2.45, 2.75) is 49.8 Å². The Labute approximate surface area is 184 Å². The van der Waals surface area contributed by atoms with Crippen LogP contribution in [0.15, 0.2) is 34.7 Å². The lowest BCUT2D eigenvalue weighted by Gasteiger charge is -2.26. The number of aromatic nitrogens is 1. The van der Waals surface area contributed by atoms with Gasteiger partial charge >= 0.3 is 12.0 Å². The molecule has 2 amide bonds. The van der Waals surface area contributed by atoms with E-state index >= 15 is 0 Å². The van der Waals surface area contributed by atoms with Gasteiger partial charge in [0.2, 0.25) is 0 Å². The Hall–Kier alpha value is -2.26. The summed E-state index contributed by atoms with van der Waals surface area (Å²) in [6.07, 6.45) is 6.35. The van der Waals surface area contributed by atoms with Crippen LogP contribution in [0.4, 0.5) is 15.6 Å². The van der Waals surface area contributed by atoms with E-state index < -0.39 is 5.97 Å². The van der Waals surface area contributed by atoms with Gasteiger partial charge in [0.15, 0.2) is 5.13 Å². The van der Waals surface area contributed by atoms with E-state index in [1.807, 2.05) is 38.1 Å². The standard InChI is InChI=1S/C21H27N3O4S2/c1-14(2)28-17-9-7-16(8-10-17)24(12-15-5-3-4-6-15)21(27)23-20-22-11-19(30-20)29-13-18(25)26/h7-11,14-15H,3-6,12-13H2,1-2H3,(H,25,26)(H,22,23,27). The molecule has 1 fully saturated rings. The summed E-state index contributed by atoms with van der Waals surface area (Å²) in [5, 5.41) is 12.1. The number of hydrogen-bond donors (Lipinski definition) is 2. The number of nitrogens with one attached hydrogen (secondary N) is 1. The molecule has 1 aromatic carbocycles. The number of thioether (sulfide) groups is 1. The highest BCUT2D eigenvalue weighted by molar-refractivity contribution is 8.01. The number of carboxylic acids is 1. The number of nitrogens with zero attached hydrogens (tertiary/aromatic N) is 2. The maximum atomic E-state index is 13.1. The normalized spacial score (nSPS) is 14.1. The van der Waals surface area contributed by atoms with E-state index in [0.29, 0.717) is 17.6 Å². The molecule has 3 rings (SSSR count). The van der Waals surface area contributed by atoms with Crippen LogP contribution < -0.4 is 15.0 Å². The molecule has 9 heteroatoms. The molecule has 1 aromatic heterocycles. The highest BCUT2D eigenvalue weighted by atomic mass is 32.2. The fraction of sp³-hybridized carbons (Fsp3) is 0.476. The molecule has 2 N–H and O–H groups in total. The van der Waals surface area contributed by atoms with Crippen LogP contribution in [-0.4, -0.2) is 40.5 Å². The number of carbonyl (C=O) groups is 2. The van der Waals surface area contributed by atoms with Crippen molar-refractivity contribution in [3.8, 4) is 5.75 Å². The van der Waals surface area contributed by atoms with Crippen LogP contribution in [-0.2, 0) is 4.79 Å². The van der Waals surface area contributed by atoms with Gasteiger partial charge in [-0.3, -0.25) is 15.0 Å². The van der Waals surface area contributed by atoms with Crippen molar-refractivity contribution in [3.05, 3.63) is 30.5 Å². The SMILES string of the molecule is CC(C)Oc1ccc(N(CC2CCCC2)C(=O)Nc2ncc(SCC(=O)O)s2)cc1. The average Bonchev–Trinajstić information content (AvgIpc) is 3.36. The monoisotopic (exact) mass is 449 g/mol. The minimum Gasteiger partial charge on any atom is -0.491 e. The molecule has 0 aliphatic heterocycles. The maximum absolute atomic E-state index is 13.1. The summed E-state index contributed by atoms with van der Waals surface area (Å²) >= 11 is 2.47. The van der Waals surface area contributed by atoms with E-state index in [2.05, 4.69) is 10.3 Å². The van der Waals surface area contributed by atoms with Gasteiger partial charge in [0.05, 0.1) is 22.3 Å². The summed E-state index contributed by atoms with van der Waals surface area (Å²) in [5.41, 5.74) is 0.813. The second-order valence-corrected chi connectivity index (χ2v) is 9.82. The Morgan fingerprint density at radius 2 is 2.00 bits per heavy atom. The number of ether oxygens (including phenoxy) is 1. The van der Waals surface area contributed by atoms with E-state index in [-0.39, 0.29) is 17.9 Å². The second kappa shape index (κ2) is 10.7. The second-order valence-electron chi connectivity index (χ2n) is 7.52. The summed E-state index contributed by atoms with van der Waals surface area (Å²) in [6.45, 7) is 4.61. The van der Waals surface area contributed by atoms with E-state index in [0.717, 1.165) is 28.5 Å². The Kier molecular flexibility index (Phi) is 7.98. The third-order valence-corrected chi connectivity index (χ3v) is 6.81. The Bertz CT molecular complexity index is 848. The van der Waals surface area contributed by atoms with Crippen molar-refractivity contribution in [2.24, 2.45) is 5.92 Å². The van der Waals surface area contributed by atoms with Crippen molar-refractivity contribution in [1.82, 2.24) is 4.98 Å². The van der Waals surface area contributed by atoms with Crippen LogP contribution in [0.25, 0.3) is 0 Å². The lowest BCUT2D eigenvalue weighted by atomic mass is 10.1. The molecular formula is C21H27N3O4S2. The van der Waals surface area contributed by atoms with E-state index in [1.165, 1.54) is 35.9 Å². The summed E-state index contributed by atoms with van der Waals surface area (Å²) in [5.74, 6) is 0.343. The number of aliphatic carboxylic acids is 1. The first-order valence-corrected chi connectivity index (χ1v) is 11.9. The molecule has 162 valence electrons. The number of urea groups is 1. The van der Waals surface area contributed by atoms with Crippen molar-refractivity contribution in [3.63, 3.8) is 0 Å². The van der Waals surface area contributed by atoms with Gasteiger partial charge in [0, 0.05) is 12.2 Å². The Morgan fingerprint density at radius 1 is 1.30 bits per heavy atom. The molecule has 1 saturated carbocycles. The zero-order valence-corrected chi connectivity index (χ0v) is 18.8. The van der Waals surface area contributed by atoms with Crippen molar-refractivity contribution in [1.29, 1.82) is 0 Å². The number of anilines is 2. The van der Waals surface area contributed by atoms with Crippen molar-refractivity contribution >= 4 is 45.9 Å². The van der Waals surface area contributed by atoms with Gasteiger partial charge in [-0.15, -0.1) is 11.8 Å². The average molecular weight is 450 g/mol. The van der Waals surface area contributed by atoms with Gasteiger partial charge in [-0.1, -0.05) is 24.2 Å². The lowest BCUT2D eigenvalue weighted by Crippen LogP contribution is -2.38. The Morgan fingerprint density at radius 3 is 2.63 bits per heavy atom. The molecule has 30 heavy (non-hydrogen) atoms. The van der Waals surface area contributed by atoms with E-state index in [1.54, 1.807) is 11.1 Å². The van der Waals surface area contributed by atoms with Crippen LogP contribution in [0.5, 0.6) is 5.75 Å². The number of hydrogen-bond acceptors (Lipinski definition) is 6.